The van der Waals surface area contributed by atoms with Gasteiger partial charge in [0.15, 0.2) is 0 Å². The van der Waals surface area contributed by atoms with Crippen LogP contribution < -0.4 is 14.2 Å². The Hall–Kier alpha value is -3.02. The molecule has 0 saturated heterocycles. The van der Waals surface area contributed by atoms with Gasteiger partial charge in [0.05, 0.1) is 31.8 Å². The second-order valence-corrected chi connectivity index (χ2v) is 4.86. The number of benzene rings is 1. The van der Waals surface area contributed by atoms with Crippen molar-refractivity contribution in [2.45, 2.75) is 6.61 Å². The molecule has 0 radical (unpaired) electrons. The third-order valence-corrected chi connectivity index (χ3v) is 3.33. The van der Waals surface area contributed by atoms with Crippen LogP contribution in [0.2, 0.25) is 0 Å². The van der Waals surface area contributed by atoms with Crippen LogP contribution in [0.3, 0.4) is 0 Å². The number of hydrogen-bond donors (Lipinski definition) is 1. The first-order valence-electron chi connectivity index (χ1n) is 7.09. The van der Waals surface area contributed by atoms with Crippen LogP contribution >= 0.6 is 0 Å². The number of hydrogen-bond acceptors (Lipinski definition) is 5. The molecule has 3 rings (SSSR count). The van der Waals surface area contributed by atoms with Crippen LogP contribution in [0.5, 0.6) is 17.2 Å². The van der Waals surface area contributed by atoms with Crippen molar-refractivity contribution in [2.75, 3.05) is 14.2 Å². The molecule has 2 heterocycles. The third-order valence-electron chi connectivity index (χ3n) is 3.33. The molecule has 0 aliphatic heterocycles. The minimum absolute atomic E-state index is 0.401. The van der Waals surface area contributed by atoms with Crippen molar-refractivity contribution in [2.24, 2.45) is 0 Å². The van der Waals surface area contributed by atoms with E-state index < -0.39 is 0 Å². The number of aromatic amines is 1. The van der Waals surface area contributed by atoms with Crippen LogP contribution in [0.25, 0.3) is 11.4 Å². The molecule has 3 aromatic rings. The first-order valence-corrected chi connectivity index (χ1v) is 7.09. The van der Waals surface area contributed by atoms with E-state index in [4.69, 9.17) is 14.2 Å². The Morgan fingerprint density at radius 1 is 0.957 bits per heavy atom. The second kappa shape index (κ2) is 6.83. The van der Waals surface area contributed by atoms with E-state index in [1.807, 2.05) is 36.4 Å². The van der Waals surface area contributed by atoms with Crippen LogP contribution in [0.15, 0.2) is 48.8 Å². The van der Waals surface area contributed by atoms with Gasteiger partial charge in [-0.3, -0.25) is 10.1 Å². The summed E-state index contributed by atoms with van der Waals surface area (Å²) in [7, 11) is 3.25. The van der Waals surface area contributed by atoms with E-state index in [-0.39, 0.29) is 0 Å². The van der Waals surface area contributed by atoms with E-state index >= 15 is 0 Å². The van der Waals surface area contributed by atoms with Crippen LogP contribution in [0, 0.1) is 0 Å². The normalized spacial score (nSPS) is 10.3. The molecule has 0 bridgehead atoms. The van der Waals surface area contributed by atoms with E-state index in [1.54, 1.807) is 26.6 Å². The highest BCUT2D eigenvalue weighted by Gasteiger charge is 2.04. The largest absolute Gasteiger partial charge is 0.497 e. The van der Waals surface area contributed by atoms with Gasteiger partial charge in [-0.1, -0.05) is 0 Å². The molecular weight excluding hydrogens is 294 g/mol. The monoisotopic (exact) mass is 311 g/mol. The zero-order valence-corrected chi connectivity index (χ0v) is 12.9. The summed E-state index contributed by atoms with van der Waals surface area (Å²) in [5, 5.41) is 6.78. The van der Waals surface area contributed by atoms with Crippen LogP contribution in [-0.4, -0.2) is 29.4 Å². The molecule has 6 nitrogen and oxygen atoms in total. The molecule has 23 heavy (non-hydrogen) atoms. The number of nitrogens with zero attached hydrogens (tertiary/aromatic N) is 2. The fraction of sp³-hybridized carbons (Fsp3) is 0.176. The molecule has 2 aromatic heterocycles. The van der Waals surface area contributed by atoms with Crippen molar-refractivity contribution in [1.29, 1.82) is 0 Å². The Balaban J connectivity index is 1.68. The van der Waals surface area contributed by atoms with Crippen molar-refractivity contribution >= 4 is 0 Å². The lowest BCUT2D eigenvalue weighted by Crippen LogP contribution is -1.98. The first kappa shape index (κ1) is 14.9. The maximum absolute atomic E-state index is 5.76. The molecular formula is C17H17N3O3. The molecule has 1 N–H and O–H groups in total. The van der Waals surface area contributed by atoms with Crippen LogP contribution in [-0.2, 0) is 6.61 Å². The standard InChI is InChI=1S/C17H17N3O3/c1-21-14-7-12(8-15(9-14)22-2)11-23-13-3-4-16(18-10-13)17-5-6-19-20-17/h3-10H,11H2,1-2H3,(H,19,20). The third kappa shape index (κ3) is 3.60. The SMILES string of the molecule is COc1cc(COc2ccc(-c3ccn[nH]3)nc2)cc(OC)c1. The Morgan fingerprint density at radius 2 is 1.74 bits per heavy atom. The molecule has 0 fully saturated rings. The predicted octanol–water partition coefficient (Wildman–Crippen LogP) is 3.07. The number of ether oxygens (including phenoxy) is 3. The molecule has 6 heteroatoms. The quantitative estimate of drug-likeness (QED) is 0.757. The van der Waals surface area contributed by atoms with Gasteiger partial charge in [0.1, 0.15) is 23.9 Å². The average molecular weight is 311 g/mol. The summed E-state index contributed by atoms with van der Waals surface area (Å²) in [6, 6.07) is 11.3. The van der Waals surface area contributed by atoms with E-state index in [2.05, 4.69) is 15.2 Å². The molecule has 118 valence electrons. The maximum atomic E-state index is 5.76. The summed E-state index contributed by atoms with van der Waals surface area (Å²) >= 11 is 0. The zero-order valence-electron chi connectivity index (χ0n) is 12.9. The molecule has 0 aliphatic carbocycles. The van der Waals surface area contributed by atoms with Crippen molar-refractivity contribution in [3.8, 4) is 28.6 Å². The first-order chi connectivity index (χ1) is 11.3. The van der Waals surface area contributed by atoms with Gasteiger partial charge in [-0.25, -0.2) is 0 Å². The molecule has 0 atom stereocenters. The van der Waals surface area contributed by atoms with Gasteiger partial charge < -0.3 is 14.2 Å². The second-order valence-electron chi connectivity index (χ2n) is 4.86. The molecule has 0 spiro atoms. The smallest absolute Gasteiger partial charge is 0.138 e. The lowest BCUT2D eigenvalue weighted by atomic mass is 10.2. The highest BCUT2D eigenvalue weighted by atomic mass is 16.5. The highest BCUT2D eigenvalue weighted by molar-refractivity contribution is 5.53. The Kier molecular flexibility index (Phi) is 4.42. The molecule has 1 aromatic carbocycles. The zero-order chi connectivity index (χ0) is 16.1. The van der Waals surface area contributed by atoms with Crippen LogP contribution in [0.1, 0.15) is 5.56 Å². The van der Waals surface area contributed by atoms with Gasteiger partial charge in [0, 0.05) is 12.3 Å². The van der Waals surface area contributed by atoms with Gasteiger partial charge in [0.25, 0.3) is 0 Å². The summed E-state index contributed by atoms with van der Waals surface area (Å²) in [6.07, 6.45) is 3.38. The summed E-state index contributed by atoms with van der Waals surface area (Å²) in [5.74, 6) is 2.15. The lowest BCUT2D eigenvalue weighted by Gasteiger charge is -2.10. The maximum Gasteiger partial charge on any atom is 0.138 e. The summed E-state index contributed by atoms with van der Waals surface area (Å²) in [4.78, 5) is 4.36. The summed E-state index contributed by atoms with van der Waals surface area (Å²) in [5.41, 5.74) is 2.64. The van der Waals surface area contributed by atoms with Crippen molar-refractivity contribution < 1.29 is 14.2 Å². The number of aromatic nitrogens is 3. The van der Waals surface area contributed by atoms with E-state index in [9.17, 15) is 0 Å². The molecule has 0 saturated carbocycles. The van der Waals surface area contributed by atoms with Gasteiger partial charge in [0.2, 0.25) is 0 Å². The minimum Gasteiger partial charge on any atom is -0.497 e. The summed E-state index contributed by atoms with van der Waals surface area (Å²) in [6.45, 7) is 0.401. The number of rotatable bonds is 6. The van der Waals surface area contributed by atoms with Crippen molar-refractivity contribution in [1.82, 2.24) is 15.2 Å². The Morgan fingerprint density at radius 3 is 2.30 bits per heavy atom. The van der Waals surface area contributed by atoms with Crippen molar-refractivity contribution in [3.05, 3.63) is 54.4 Å². The van der Waals surface area contributed by atoms with E-state index in [0.29, 0.717) is 12.4 Å². The van der Waals surface area contributed by atoms with E-state index in [0.717, 1.165) is 28.5 Å². The molecule has 0 amide bonds. The summed E-state index contributed by atoms with van der Waals surface area (Å²) < 4.78 is 16.3. The molecule has 0 aliphatic rings. The number of methoxy groups -OCH3 is 2. The van der Waals surface area contributed by atoms with Gasteiger partial charge in [-0.05, 0) is 35.9 Å². The number of nitrogens with one attached hydrogen (secondary N) is 1. The predicted molar refractivity (Wildman–Crippen MR) is 85.7 cm³/mol. The average Bonchev–Trinajstić information content (AvgIpc) is 3.14. The highest BCUT2D eigenvalue weighted by Crippen LogP contribution is 2.24. The fourth-order valence-electron chi connectivity index (χ4n) is 2.14. The topological polar surface area (TPSA) is 69.3 Å². The Bertz CT molecular complexity index is 733. The van der Waals surface area contributed by atoms with Gasteiger partial charge in [-0.2, -0.15) is 5.10 Å². The van der Waals surface area contributed by atoms with E-state index in [1.165, 1.54) is 0 Å². The van der Waals surface area contributed by atoms with Gasteiger partial charge >= 0.3 is 0 Å². The van der Waals surface area contributed by atoms with Crippen molar-refractivity contribution in [3.63, 3.8) is 0 Å². The van der Waals surface area contributed by atoms with Gasteiger partial charge in [-0.15, -0.1) is 0 Å². The molecule has 0 unspecified atom stereocenters. The van der Waals surface area contributed by atoms with Crippen LogP contribution in [0.4, 0.5) is 0 Å². The fourth-order valence-corrected chi connectivity index (χ4v) is 2.14. The number of H-pyrrole nitrogens is 1. The lowest BCUT2D eigenvalue weighted by molar-refractivity contribution is 0.302. The Labute approximate surface area is 134 Å². The minimum atomic E-state index is 0.401. The number of pyridine rings is 1.